The van der Waals surface area contributed by atoms with Crippen molar-refractivity contribution >= 4 is 45.2 Å². The molecule has 1 heterocycles. The third-order valence-electron chi connectivity index (χ3n) is 4.27. The van der Waals surface area contributed by atoms with Crippen LogP contribution in [-0.4, -0.2) is 36.2 Å². The molecule has 0 amide bonds. The summed E-state index contributed by atoms with van der Waals surface area (Å²) in [6.07, 6.45) is 4.07. The van der Waals surface area contributed by atoms with Crippen molar-refractivity contribution in [1.82, 2.24) is 10.2 Å². The Labute approximate surface area is 147 Å². The monoisotopic (exact) mass is 498 g/mol. The second-order valence-electron chi connectivity index (χ2n) is 5.81. The number of hydrogen-bond donors (Lipinski definition) is 2. The molecule has 0 spiro atoms. The number of hydrogen-bond acceptors (Lipinski definition) is 3. The minimum absolute atomic E-state index is 0.431. The molecule has 2 fully saturated rings. The summed E-state index contributed by atoms with van der Waals surface area (Å²) in [6.45, 7) is 4.44. The standard InChI is InChI=1S/C15H20I2N2O/c16-12-8-11(9-13(17)15(12)20)14(7-10-1-2-10)19-5-3-18-4-6-19/h8-10,14,18,20H,1-7H2/t14-/m1/s1. The highest BCUT2D eigenvalue weighted by atomic mass is 127. The van der Waals surface area contributed by atoms with Gasteiger partial charge in [-0.1, -0.05) is 12.8 Å². The van der Waals surface area contributed by atoms with E-state index < -0.39 is 0 Å². The lowest BCUT2D eigenvalue weighted by Crippen LogP contribution is -2.45. The number of phenols is 1. The fourth-order valence-electron chi connectivity index (χ4n) is 2.94. The highest BCUT2D eigenvalue weighted by Gasteiger charge is 2.31. The van der Waals surface area contributed by atoms with Gasteiger partial charge in [-0.05, 0) is 75.2 Å². The number of nitrogens with zero attached hydrogens (tertiary/aromatic N) is 1. The minimum atomic E-state index is 0.431. The third kappa shape index (κ3) is 3.59. The maximum atomic E-state index is 9.98. The van der Waals surface area contributed by atoms with Crippen LogP contribution in [0.4, 0.5) is 0 Å². The molecular formula is C15H20I2N2O. The van der Waals surface area contributed by atoms with Crippen molar-refractivity contribution in [2.24, 2.45) is 5.92 Å². The van der Waals surface area contributed by atoms with E-state index in [0.29, 0.717) is 11.8 Å². The SMILES string of the molecule is Oc1c(I)cc([C@@H](CC2CC2)N2CCNCC2)cc1I. The van der Waals surface area contributed by atoms with Crippen LogP contribution in [0.3, 0.4) is 0 Å². The van der Waals surface area contributed by atoms with E-state index in [4.69, 9.17) is 0 Å². The predicted octanol–water partition coefficient (Wildman–Crippen LogP) is 3.35. The van der Waals surface area contributed by atoms with Gasteiger partial charge in [-0.2, -0.15) is 0 Å². The normalized spacial score (nSPS) is 21.9. The molecule has 1 aromatic rings. The largest absolute Gasteiger partial charge is 0.506 e. The highest BCUT2D eigenvalue weighted by Crippen LogP contribution is 2.41. The van der Waals surface area contributed by atoms with Crippen LogP contribution in [0.2, 0.25) is 0 Å². The van der Waals surface area contributed by atoms with Gasteiger partial charge >= 0.3 is 0 Å². The highest BCUT2D eigenvalue weighted by molar-refractivity contribution is 14.1. The smallest absolute Gasteiger partial charge is 0.142 e. The first-order valence-corrected chi connectivity index (χ1v) is 9.43. The van der Waals surface area contributed by atoms with E-state index in [1.54, 1.807) is 0 Å². The third-order valence-corrected chi connectivity index (χ3v) is 5.91. The number of benzene rings is 1. The summed E-state index contributed by atoms with van der Waals surface area (Å²) >= 11 is 4.49. The van der Waals surface area contributed by atoms with Gasteiger partial charge in [0.25, 0.3) is 0 Å². The molecule has 1 saturated carbocycles. The molecule has 1 atom stereocenters. The molecule has 5 heteroatoms. The summed E-state index contributed by atoms with van der Waals surface area (Å²) in [7, 11) is 0. The van der Waals surface area contributed by atoms with Crippen LogP contribution in [0.25, 0.3) is 0 Å². The Bertz CT molecular complexity index is 462. The van der Waals surface area contributed by atoms with Crippen LogP contribution in [0.15, 0.2) is 12.1 Å². The number of phenolic OH excluding ortho intramolecular Hbond substituents is 1. The second kappa shape index (κ2) is 6.66. The molecule has 2 aliphatic rings. The zero-order chi connectivity index (χ0) is 14.1. The summed E-state index contributed by atoms with van der Waals surface area (Å²) < 4.78 is 1.95. The number of piperazine rings is 1. The Balaban J connectivity index is 1.87. The molecular weight excluding hydrogens is 478 g/mol. The maximum absolute atomic E-state index is 9.98. The van der Waals surface area contributed by atoms with Crippen molar-refractivity contribution < 1.29 is 5.11 Å². The number of halogens is 2. The molecule has 0 bridgehead atoms. The Hall–Kier alpha value is 0.400. The Morgan fingerprint density at radius 1 is 1.20 bits per heavy atom. The quantitative estimate of drug-likeness (QED) is 0.626. The van der Waals surface area contributed by atoms with Gasteiger partial charge in [0.2, 0.25) is 0 Å². The summed E-state index contributed by atoms with van der Waals surface area (Å²) in [6, 6.07) is 4.87. The molecule has 110 valence electrons. The maximum Gasteiger partial charge on any atom is 0.142 e. The number of aromatic hydroxyl groups is 1. The van der Waals surface area contributed by atoms with Gasteiger partial charge in [0, 0.05) is 32.2 Å². The van der Waals surface area contributed by atoms with Crippen molar-refractivity contribution in [3.05, 3.63) is 24.8 Å². The van der Waals surface area contributed by atoms with Crippen LogP contribution < -0.4 is 5.32 Å². The number of nitrogens with one attached hydrogen (secondary N) is 1. The zero-order valence-electron chi connectivity index (χ0n) is 11.4. The van der Waals surface area contributed by atoms with Crippen LogP contribution >= 0.6 is 45.2 Å². The fourth-order valence-corrected chi connectivity index (χ4v) is 4.75. The lowest BCUT2D eigenvalue weighted by Gasteiger charge is -2.35. The fraction of sp³-hybridized carbons (Fsp3) is 0.600. The van der Waals surface area contributed by atoms with Crippen molar-refractivity contribution in [2.75, 3.05) is 26.2 Å². The summed E-state index contributed by atoms with van der Waals surface area (Å²) in [5, 5.41) is 13.4. The van der Waals surface area contributed by atoms with Gasteiger partial charge in [0.05, 0.1) is 7.14 Å². The zero-order valence-corrected chi connectivity index (χ0v) is 15.7. The Morgan fingerprint density at radius 3 is 2.35 bits per heavy atom. The van der Waals surface area contributed by atoms with Crippen molar-refractivity contribution in [3.8, 4) is 5.75 Å². The van der Waals surface area contributed by atoms with E-state index >= 15 is 0 Å². The van der Waals surface area contributed by atoms with Gasteiger partial charge in [-0.3, -0.25) is 4.90 Å². The van der Waals surface area contributed by atoms with E-state index in [9.17, 15) is 5.11 Å². The average Bonchev–Trinajstić information content (AvgIpc) is 3.27. The van der Waals surface area contributed by atoms with E-state index in [0.717, 1.165) is 39.2 Å². The first-order chi connectivity index (χ1) is 9.65. The number of rotatable bonds is 4. The van der Waals surface area contributed by atoms with Crippen LogP contribution in [-0.2, 0) is 0 Å². The summed E-state index contributed by atoms with van der Waals surface area (Å²) in [5.41, 5.74) is 1.38. The van der Waals surface area contributed by atoms with Crippen LogP contribution in [0, 0.1) is 13.1 Å². The second-order valence-corrected chi connectivity index (χ2v) is 8.14. The first kappa shape index (κ1) is 15.3. The summed E-state index contributed by atoms with van der Waals surface area (Å²) in [5.74, 6) is 1.35. The predicted molar refractivity (Wildman–Crippen MR) is 98.1 cm³/mol. The minimum Gasteiger partial charge on any atom is -0.506 e. The Morgan fingerprint density at radius 2 is 1.80 bits per heavy atom. The summed E-state index contributed by atoms with van der Waals surface area (Å²) in [4.78, 5) is 2.62. The van der Waals surface area contributed by atoms with Gasteiger partial charge < -0.3 is 10.4 Å². The molecule has 1 aliphatic carbocycles. The van der Waals surface area contributed by atoms with Crippen molar-refractivity contribution in [1.29, 1.82) is 0 Å². The van der Waals surface area contributed by atoms with Crippen molar-refractivity contribution in [2.45, 2.75) is 25.3 Å². The van der Waals surface area contributed by atoms with Gasteiger partial charge in [-0.25, -0.2) is 0 Å². The molecule has 0 radical (unpaired) electrons. The van der Waals surface area contributed by atoms with Gasteiger partial charge in [-0.15, -0.1) is 0 Å². The molecule has 0 unspecified atom stereocenters. The van der Waals surface area contributed by atoms with Crippen molar-refractivity contribution in [3.63, 3.8) is 0 Å². The molecule has 1 saturated heterocycles. The van der Waals surface area contributed by atoms with E-state index in [1.807, 2.05) is 0 Å². The van der Waals surface area contributed by atoms with Crippen LogP contribution in [0.5, 0.6) is 5.75 Å². The lowest BCUT2D eigenvalue weighted by atomic mass is 9.98. The topological polar surface area (TPSA) is 35.5 Å². The first-order valence-electron chi connectivity index (χ1n) is 7.28. The van der Waals surface area contributed by atoms with E-state index in [2.05, 4.69) is 67.5 Å². The molecule has 0 aromatic heterocycles. The lowest BCUT2D eigenvalue weighted by molar-refractivity contribution is 0.160. The molecule has 1 aromatic carbocycles. The van der Waals surface area contributed by atoms with E-state index in [1.165, 1.54) is 24.8 Å². The van der Waals surface area contributed by atoms with Crippen LogP contribution in [0.1, 0.15) is 30.9 Å². The average molecular weight is 498 g/mol. The molecule has 2 N–H and O–H groups in total. The Kier molecular flexibility index (Phi) is 5.10. The van der Waals surface area contributed by atoms with Gasteiger partial charge in [0.1, 0.15) is 5.75 Å². The molecule has 3 nitrogen and oxygen atoms in total. The van der Waals surface area contributed by atoms with E-state index in [-0.39, 0.29) is 0 Å². The molecule has 3 rings (SSSR count). The molecule has 20 heavy (non-hydrogen) atoms. The van der Waals surface area contributed by atoms with Gasteiger partial charge in [0.15, 0.2) is 0 Å². The molecule has 1 aliphatic heterocycles.